The van der Waals surface area contributed by atoms with Gasteiger partial charge >= 0.3 is 0 Å². The number of rotatable bonds is 4. The summed E-state index contributed by atoms with van der Waals surface area (Å²) in [6, 6.07) is 8.87. The third kappa shape index (κ3) is 3.20. The van der Waals surface area contributed by atoms with Crippen molar-refractivity contribution in [2.24, 2.45) is 0 Å². The predicted molar refractivity (Wildman–Crippen MR) is 104 cm³/mol. The summed E-state index contributed by atoms with van der Waals surface area (Å²) in [6.45, 7) is 3.45. The Bertz CT molecular complexity index is 1090. The molecule has 0 radical (unpaired) electrons. The molecule has 1 aliphatic heterocycles. The quantitative estimate of drug-likeness (QED) is 0.518. The molecular weight excluding hydrogens is 382 g/mol. The van der Waals surface area contributed by atoms with Gasteiger partial charge in [-0.3, -0.25) is 4.79 Å². The summed E-state index contributed by atoms with van der Waals surface area (Å²) in [5.41, 5.74) is 1.97. The molecule has 0 bridgehead atoms. The Kier molecular flexibility index (Phi) is 4.73. The number of thiophene rings is 1. The first kappa shape index (κ1) is 18.4. The van der Waals surface area contributed by atoms with Gasteiger partial charge < -0.3 is 9.47 Å². The summed E-state index contributed by atoms with van der Waals surface area (Å²) in [7, 11) is 0. The van der Waals surface area contributed by atoms with Crippen LogP contribution in [0.15, 0.2) is 47.5 Å². The molecular formula is C22H16F2O3S. The van der Waals surface area contributed by atoms with E-state index in [2.05, 4.69) is 0 Å². The lowest BCUT2D eigenvalue weighted by Gasteiger charge is -2.12. The van der Waals surface area contributed by atoms with Gasteiger partial charge in [0.15, 0.2) is 5.76 Å². The van der Waals surface area contributed by atoms with Crippen molar-refractivity contribution in [3.63, 3.8) is 0 Å². The molecule has 3 aromatic rings. The van der Waals surface area contributed by atoms with Crippen LogP contribution in [0, 0.1) is 25.5 Å². The minimum Gasteiger partial charge on any atom is -0.488 e. The smallest absolute Gasteiger partial charge is 0.232 e. The van der Waals surface area contributed by atoms with Gasteiger partial charge in [0.2, 0.25) is 5.78 Å². The van der Waals surface area contributed by atoms with E-state index in [1.54, 1.807) is 25.1 Å². The van der Waals surface area contributed by atoms with Crippen LogP contribution < -0.4 is 9.47 Å². The lowest BCUT2D eigenvalue weighted by molar-refractivity contribution is 0.101. The highest BCUT2D eigenvalue weighted by molar-refractivity contribution is 7.11. The highest BCUT2D eigenvalue weighted by Gasteiger charge is 2.30. The number of Topliss-reactive ketones (excluding diaryl/α,β-unsaturated/α-hetero) is 1. The van der Waals surface area contributed by atoms with Gasteiger partial charge in [-0.2, -0.15) is 0 Å². The third-order valence-electron chi connectivity index (χ3n) is 4.63. The average molecular weight is 398 g/mol. The largest absolute Gasteiger partial charge is 0.488 e. The maximum Gasteiger partial charge on any atom is 0.232 e. The molecule has 6 heteroatoms. The fourth-order valence-electron chi connectivity index (χ4n) is 3.00. The summed E-state index contributed by atoms with van der Waals surface area (Å²) in [6.07, 6.45) is 1.73. The Hall–Kier alpha value is -2.99. The van der Waals surface area contributed by atoms with Gasteiger partial charge in [-0.05, 0) is 55.1 Å². The number of benzene rings is 2. The van der Waals surface area contributed by atoms with Crippen LogP contribution in [0.5, 0.6) is 11.5 Å². The molecule has 0 atom stereocenters. The molecule has 0 unspecified atom stereocenters. The molecule has 1 aromatic heterocycles. The standard InChI is InChI=1S/C22H16F2O3S/c1-12-8-9-28-20(12)10-19-21(25)14-6-7-18(13(2)22(14)27-19)26-11-15-16(23)4-3-5-17(15)24/h3-10H,11H2,1-2H3/b19-10-. The molecule has 2 aromatic carbocycles. The lowest BCUT2D eigenvalue weighted by Crippen LogP contribution is -2.03. The van der Waals surface area contributed by atoms with Crippen LogP contribution in [0.1, 0.15) is 31.9 Å². The molecule has 3 nitrogen and oxygen atoms in total. The number of halogens is 2. The van der Waals surface area contributed by atoms with Crippen LogP contribution in [0.4, 0.5) is 8.78 Å². The highest BCUT2D eigenvalue weighted by Crippen LogP contribution is 2.40. The second-order valence-electron chi connectivity index (χ2n) is 6.46. The number of carbonyl (C=O) groups excluding carboxylic acids is 1. The first-order chi connectivity index (χ1) is 13.5. The molecule has 0 saturated carbocycles. The first-order valence-corrected chi connectivity index (χ1v) is 9.51. The summed E-state index contributed by atoms with van der Waals surface area (Å²) in [5, 5.41) is 1.95. The molecule has 142 valence electrons. The van der Waals surface area contributed by atoms with Crippen LogP contribution in [-0.4, -0.2) is 5.78 Å². The van der Waals surface area contributed by atoms with Crippen LogP contribution in [0.25, 0.3) is 6.08 Å². The van der Waals surface area contributed by atoms with E-state index in [-0.39, 0.29) is 23.7 Å². The fraction of sp³-hybridized carbons (Fsp3) is 0.136. The predicted octanol–water partition coefficient (Wildman–Crippen LogP) is 5.84. The van der Waals surface area contributed by atoms with E-state index in [0.29, 0.717) is 22.6 Å². The van der Waals surface area contributed by atoms with Crippen LogP contribution >= 0.6 is 11.3 Å². The van der Waals surface area contributed by atoms with Crippen molar-refractivity contribution in [2.45, 2.75) is 20.5 Å². The molecule has 2 heterocycles. The molecule has 1 aliphatic rings. The van der Waals surface area contributed by atoms with Crippen molar-refractivity contribution in [2.75, 3.05) is 0 Å². The van der Waals surface area contributed by atoms with Crippen molar-refractivity contribution in [3.8, 4) is 11.5 Å². The summed E-state index contributed by atoms with van der Waals surface area (Å²) < 4.78 is 39.0. The van der Waals surface area contributed by atoms with E-state index in [1.807, 2.05) is 18.4 Å². The average Bonchev–Trinajstić information content (AvgIpc) is 3.21. The first-order valence-electron chi connectivity index (χ1n) is 8.63. The molecule has 0 fully saturated rings. The normalized spacial score (nSPS) is 14.3. The van der Waals surface area contributed by atoms with Crippen LogP contribution in [-0.2, 0) is 6.61 Å². The minimum absolute atomic E-state index is 0.145. The van der Waals surface area contributed by atoms with E-state index < -0.39 is 11.6 Å². The van der Waals surface area contributed by atoms with Gasteiger partial charge in [-0.1, -0.05) is 6.07 Å². The number of ketones is 1. The van der Waals surface area contributed by atoms with Gasteiger partial charge in [0, 0.05) is 16.5 Å². The molecule has 0 aliphatic carbocycles. The van der Waals surface area contributed by atoms with Gasteiger partial charge in [-0.15, -0.1) is 11.3 Å². The summed E-state index contributed by atoms with van der Waals surface area (Å²) >= 11 is 1.53. The Balaban J connectivity index is 1.60. The topological polar surface area (TPSA) is 35.5 Å². The number of fused-ring (bicyclic) bond motifs is 1. The number of aryl methyl sites for hydroxylation is 1. The lowest BCUT2D eigenvalue weighted by atomic mass is 10.1. The Morgan fingerprint density at radius 3 is 2.54 bits per heavy atom. The van der Waals surface area contributed by atoms with E-state index in [0.717, 1.165) is 10.4 Å². The number of hydrogen-bond acceptors (Lipinski definition) is 4. The zero-order valence-corrected chi connectivity index (χ0v) is 16.0. The zero-order chi connectivity index (χ0) is 19.8. The molecule has 4 rings (SSSR count). The summed E-state index contributed by atoms with van der Waals surface area (Å²) in [5.74, 6) is -0.457. The molecule has 0 saturated heterocycles. The number of hydrogen-bond donors (Lipinski definition) is 0. The van der Waals surface area contributed by atoms with E-state index in [4.69, 9.17) is 9.47 Å². The fourth-order valence-corrected chi connectivity index (χ4v) is 3.84. The van der Waals surface area contributed by atoms with Gasteiger partial charge in [-0.25, -0.2) is 8.78 Å². The number of allylic oxidation sites excluding steroid dienone is 1. The van der Waals surface area contributed by atoms with Crippen molar-refractivity contribution in [1.29, 1.82) is 0 Å². The maximum absolute atomic E-state index is 13.8. The highest BCUT2D eigenvalue weighted by atomic mass is 32.1. The molecule has 0 amide bonds. The number of carbonyl (C=O) groups is 1. The van der Waals surface area contributed by atoms with Gasteiger partial charge in [0.25, 0.3) is 0 Å². The van der Waals surface area contributed by atoms with Crippen molar-refractivity contribution < 1.29 is 23.0 Å². The monoisotopic (exact) mass is 398 g/mol. The van der Waals surface area contributed by atoms with Crippen LogP contribution in [0.2, 0.25) is 0 Å². The van der Waals surface area contributed by atoms with Crippen molar-refractivity contribution in [3.05, 3.63) is 86.3 Å². The van der Waals surface area contributed by atoms with Crippen molar-refractivity contribution >= 4 is 23.2 Å². The molecule has 0 spiro atoms. The SMILES string of the molecule is Cc1ccsc1/C=C1\Oc2c(ccc(OCc3c(F)cccc3F)c2C)C1=O. The minimum atomic E-state index is -0.665. The van der Waals surface area contributed by atoms with E-state index in [1.165, 1.54) is 29.5 Å². The van der Waals surface area contributed by atoms with E-state index >= 15 is 0 Å². The Morgan fingerprint density at radius 2 is 1.86 bits per heavy atom. The van der Waals surface area contributed by atoms with Gasteiger partial charge in [0.05, 0.1) is 11.1 Å². The van der Waals surface area contributed by atoms with Crippen molar-refractivity contribution in [1.82, 2.24) is 0 Å². The van der Waals surface area contributed by atoms with E-state index in [9.17, 15) is 13.6 Å². The maximum atomic E-state index is 13.8. The van der Waals surface area contributed by atoms with Gasteiger partial charge in [0.1, 0.15) is 29.7 Å². The molecule has 28 heavy (non-hydrogen) atoms. The zero-order valence-electron chi connectivity index (χ0n) is 15.2. The van der Waals surface area contributed by atoms with Crippen LogP contribution in [0.3, 0.4) is 0 Å². The third-order valence-corrected chi connectivity index (χ3v) is 5.60. The Labute approximate surface area is 164 Å². The second-order valence-corrected chi connectivity index (χ2v) is 7.41. The second kappa shape index (κ2) is 7.20. The summed E-state index contributed by atoms with van der Waals surface area (Å²) in [4.78, 5) is 13.6. The number of ether oxygens (including phenoxy) is 2. The molecule has 0 N–H and O–H groups in total. The Morgan fingerprint density at radius 1 is 1.11 bits per heavy atom.